The molecule has 66 valence electrons. The molecule has 2 N–H and O–H groups in total. The lowest BCUT2D eigenvalue weighted by Gasteiger charge is -2.05. The number of carbonyl (C=O) groups is 1. The lowest BCUT2D eigenvalue weighted by molar-refractivity contribution is -0.137. The molecule has 0 radical (unpaired) electrons. The lowest BCUT2D eigenvalue weighted by Crippen LogP contribution is -2.02. The molecule has 4 nitrogen and oxygen atoms in total. The first-order valence-electron chi connectivity index (χ1n) is 3.52. The molecule has 0 aliphatic rings. The molecule has 0 aliphatic heterocycles. The summed E-state index contributed by atoms with van der Waals surface area (Å²) in [4.78, 5) is 10.4. The van der Waals surface area contributed by atoms with Gasteiger partial charge in [0.2, 0.25) is 0 Å². The van der Waals surface area contributed by atoms with E-state index in [0.29, 0.717) is 0 Å². The first-order chi connectivity index (χ1) is 5.61. The minimum Gasteiger partial charge on any atom is -0.481 e. The van der Waals surface area contributed by atoms with Gasteiger partial charge in [0.05, 0.1) is 12.6 Å². The van der Waals surface area contributed by atoms with Crippen LogP contribution in [0.25, 0.3) is 0 Å². The molecule has 0 bridgehead atoms. The third-order valence-corrected chi connectivity index (χ3v) is 2.27. The highest BCUT2D eigenvalue weighted by molar-refractivity contribution is 9.10. The predicted molar refractivity (Wildman–Crippen MR) is 47.0 cm³/mol. The van der Waals surface area contributed by atoms with Crippen LogP contribution in [-0.2, 0) is 4.79 Å². The molecule has 1 aromatic rings. The summed E-state index contributed by atoms with van der Waals surface area (Å²) in [5.74, 6) is -0.814. The Bertz CT molecular complexity index is 285. The number of hydrogen-bond acceptors (Lipinski definition) is 2. The van der Waals surface area contributed by atoms with Gasteiger partial charge in [-0.2, -0.15) is 5.10 Å². The highest BCUT2D eigenvalue weighted by Crippen LogP contribution is 2.24. The maximum absolute atomic E-state index is 10.4. The van der Waals surface area contributed by atoms with Crippen molar-refractivity contribution in [1.82, 2.24) is 10.2 Å². The zero-order valence-electron chi connectivity index (χ0n) is 6.54. The van der Waals surface area contributed by atoms with Crippen molar-refractivity contribution in [2.45, 2.75) is 19.3 Å². The number of aromatic amines is 1. The second-order valence-electron chi connectivity index (χ2n) is 2.64. The van der Waals surface area contributed by atoms with Crippen molar-refractivity contribution in [3.8, 4) is 0 Å². The normalized spacial score (nSPS) is 12.8. The van der Waals surface area contributed by atoms with Crippen molar-refractivity contribution < 1.29 is 9.90 Å². The molecular formula is C7H9BrN2O2. The van der Waals surface area contributed by atoms with Gasteiger partial charge >= 0.3 is 5.97 Å². The van der Waals surface area contributed by atoms with Crippen molar-refractivity contribution in [3.63, 3.8) is 0 Å². The lowest BCUT2D eigenvalue weighted by atomic mass is 10.0. The second kappa shape index (κ2) is 3.71. The van der Waals surface area contributed by atoms with E-state index in [1.165, 1.54) is 0 Å². The quantitative estimate of drug-likeness (QED) is 0.835. The van der Waals surface area contributed by atoms with Crippen LogP contribution in [0.3, 0.4) is 0 Å². The Labute approximate surface area is 78.1 Å². The van der Waals surface area contributed by atoms with Crippen LogP contribution in [0.15, 0.2) is 10.8 Å². The molecule has 5 heteroatoms. The van der Waals surface area contributed by atoms with Gasteiger partial charge in [0, 0.05) is 5.56 Å². The summed E-state index contributed by atoms with van der Waals surface area (Å²) in [5.41, 5.74) is 0.900. The Balaban J connectivity index is 2.71. The summed E-state index contributed by atoms with van der Waals surface area (Å²) < 4.78 is 0.760. The molecule has 1 heterocycles. The van der Waals surface area contributed by atoms with Crippen LogP contribution in [0.4, 0.5) is 0 Å². The Morgan fingerprint density at radius 1 is 1.92 bits per heavy atom. The van der Waals surface area contributed by atoms with Gasteiger partial charge in [-0.25, -0.2) is 0 Å². The summed E-state index contributed by atoms with van der Waals surface area (Å²) in [6, 6.07) is 0. The third kappa shape index (κ3) is 2.07. The Morgan fingerprint density at radius 2 is 2.58 bits per heavy atom. The summed E-state index contributed by atoms with van der Waals surface area (Å²) in [6.07, 6.45) is 1.76. The Hall–Kier alpha value is -0.840. The highest BCUT2D eigenvalue weighted by Gasteiger charge is 2.13. The van der Waals surface area contributed by atoms with E-state index in [4.69, 9.17) is 5.11 Å². The summed E-state index contributed by atoms with van der Waals surface area (Å²) in [6.45, 7) is 1.85. The molecule has 1 atom stereocenters. The molecule has 0 aromatic carbocycles. The molecule has 12 heavy (non-hydrogen) atoms. The Morgan fingerprint density at radius 3 is 3.00 bits per heavy atom. The van der Waals surface area contributed by atoms with Crippen molar-refractivity contribution >= 4 is 21.9 Å². The summed E-state index contributed by atoms with van der Waals surface area (Å²) >= 11 is 3.25. The molecule has 1 unspecified atom stereocenters. The molecule has 0 amide bonds. The smallest absolute Gasteiger partial charge is 0.303 e. The van der Waals surface area contributed by atoms with E-state index in [9.17, 15) is 4.79 Å². The number of halogens is 1. The van der Waals surface area contributed by atoms with E-state index in [1.54, 1.807) is 6.20 Å². The average molecular weight is 233 g/mol. The molecule has 0 saturated carbocycles. The molecule has 0 saturated heterocycles. The number of hydrogen-bond donors (Lipinski definition) is 2. The predicted octanol–water partition coefficient (Wildman–Crippen LogP) is 1.75. The van der Waals surface area contributed by atoms with Gasteiger partial charge in [-0.05, 0) is 21.8 Å². The maximum Gasteiger partial charge on any atom is 0.303 e. The topological polar surface area (TPSA) is 66.0 Å². The summed E-state index contributed by atoms with van der Waals surface area (Å²) in [5, 5.41) is 15.0. The molecular weight excluding hydrogens is 224 g/mol. The molecule has 1 rings (SSSR count). The zero-order valence-corrected chi connectivity index (χ0v) is 8.13. The highest BCUT2D eigenvalue weighted by atomic mass is 79.9. The number of carboxylic acid groups (broad SMARTS) is 1. The Kier molecular flexibility index (Phi) is 2.86. The zero-order chi connectivity index (χ0) is 9.14. The van der Waals surface area contributed by atoms with Crippen LogP contribution in [-0.4, -0.2) is 21.3 Å². The number of aromatic nitrogens is 2. The molecule has 1 aromatic heterocycles. The number of carboxylic acids is 1. The van der Waals surface area contributed by atoms with Gasteiger partial charge in [0.1, 0.15) is 4.60 Å². The molecule has 0 spiro atoms. The number of aliphatic carboxylic acids is 1. The van der Waals surface area contributed by atoms with Crippen LogP contribution in [0.5, 0.6) is 0 Å². The van der Waals surface area contributed by atoms with E-state index in [0.717, 1.165) is 10.2 Å². The van der Waals surface area contributed by atoms with Crippen molar-refractivity contribution in [2.24, 2.45) is 0 Å². The molecule has 0 aliphatic carbocycles. The van der Waals surface area contributed by atoms with Crippen LogP contribution in [0.1, 0.15) is 24.8 Å². The van der Waals surface area contributed by atoms with E-state index >= 15 is 0 Å². The monoisotopic (exact) mass is 232 g/mol. The fourth-order valence-electron chi connectivity index (χ4n) is 0.995. The van der Waals surface area contributed by atoms with Gasteiger partial charge in [0.25, 0.3) is 0 Å². The van der Waals surface area contributed by atoms with Gasteiger partial charge < -0.3 is 5.11 Å². The van der Waals surface area contributed by atoms with E-state index in [-0.39, 0.29) is 12.3 Å². The maximum atomic E-state index is 10.4. The second-order valence-corrected chi connectivity index (χ2v) is 3.43. The minimum atomic E-state index is -0.796. The standard InChI is InChI=1S/C7H9BrN2O2/c1-4(2-6(11)12)5-3-9-10-7(5)8/h3-4H,2H2,1H3,(H,9,10)(H,11,12). The van der Waals surface area contributed by atoms with E-state index in [1.807, 2.05) is 6.92 Å². The van der Waals surface area contributed by atoms with Gasteiger partial charge in [-0.3, -0.25) is 9.89 Å². The molecule has 0 fully saturated rings. The largest absolute Gasteiger partial charge is 0.481 e. The summed E-state index contributed by atoms with van der Waals surface area (Å²) in [7, 11) is 0. The number of nitrogens with zero attached hydrogens (tertiary/aromatic N) is 1. The van der Waals surface area contributed by atoms with Gasteiger partial charge in [0.15, 0.2) is 0 Å². The number of nitrogens with one attached hydrogen (secondary N) is 1. The number of rotatable bonds is 3. The third-order valence-electron chi connectivity index (χ3n) is 1.63. The fraction of sp³-hybridized carbons (Fsp3) is 0.429. The first kappa shape index (κ1) is 9.25. The van der Waals surface area contributed by atoms with Crippen molar-refractivity contribution in [2.75, 3.05) is 0 Å². The fourth-order valence-corrected chi connectivity index (χ4v) is 1.59. The van der Waals surface area contributed by atoms with E-state index in [2.05, 4.69) is 26.1 Å². The van der Waals surface area contributed by atoms with Crippen LogP contribution >= 0.6 is 15.9 Å². The van der Waals surface area contributed by atoms with Crippen LogP contribution < -0.4 is 0 Å². The first-order valence-corrected chi connectivity index (χ1v) is 4.31. The van der Waals surface area contributed by atoms with Gasteiger partial charge in [-0.1, -0.05) is 6.92 Å². The van der Waals surface area contributed by atoms with Crippen LogP contribution in [0, 0.1) is 0 Å². The average Bonchev–Trinajstić information content (AvgIpc) is 2.33. The van der Waals surface area contributed by atoms with Gasteiger partial charge in [-0.15, -0.1) is 0 Å². The van der Waals surface area contributed by atoms with Crippen molar-refractivity contribution in [1.29, 1.82) is 0 Å². The SMILES string of the molecule is CC(CC(=O)O)c1cn[nH]c1Br. The van der Waals surface area contributed by atoms with Crippen molar-refractivity contribution in [3.05, 3.63) is 16.4 Å². The van der Waals surface area contributed by atoms with E-state index < -0.39 is 5.97 Å². The minimum absolute atomic E-state index is 0.0179. The van der Waals surface area contributed by atoms with Crippen LogP contribution in [0.2, 0.25) is 0 Å². The number of H-pyrrole nitrogens is 1.